The van der Waals surface area contributed by atoms with Gasteiger partial charge in [0.05, 0.1) is 10.6 Å². The summed E-state index contributed by atoms with van der Waals surface area (Å²) in [6, 6.07) is 10.5. The van der Waals surface area contributed by atoms with Crippen LogP contribution in [0.1, 0.15) is 13.8 Å². The van der Waals surface area contributed by atoms with Crippen LogP contribution >= 0.6 is 11.3 Å². The zero-order valence-corrected chi connectivity index (χ0v) is 14.3. The molecule has 0 radical (unpaired) electrons. The number of thiazole rings is 1. The zero-order chi connectivity index (χ0) is 16.5. The molecule has 1 aromatic carbocycles. The van der Waals surface area contributed by atoms with Crippen molar-refractivity contribution >= 4 is 22.1 Å². The highest BCUT2D eigenvalue weighted by Gasteiger charge is 2.13. The standard InChI is InChI=1S/C18H17N5S/c1-12(2)21-18-20-10-15(24-18)14-11-23-9-8-19-17(23)16(22-14)13-6-4-3-5-7-13/h3-12H,1-2H3,(H,20,21). The molecule has 0 atom stereocenters. The second-order valence-corrected chi connectivity index (χ2v) is 6.86. The molecule has 24 heavy (non-hydrogen) atoms. The molecule has 0 saturated heterocycles. The van der Waals surface area contributed by atoms with E-state index < -0.39 is 0 Å². The van der Waals surface area contributed by atoms with Crippen LogP contribution < -0.4 is 5.32 Å². The van der Waals surface area contributed by atoms with Gasteiger partial charge in [0.25, 0.3) is 0 Å². The summed E-state index contributed by atoms with van der Waals surface area (Å²) in [7, 11) is 0. The van der Waals surface area contributed by atoms with E-state index in [1.165, 1.54) is 0 Å². The number of hydrogen-bond donors (Lipinski definition) is 1. The number of benzene rings is 1. The van der Waals surface area contributed by atoms with Crippen LogP contribution in [0.25, 0.3) is 27.5 Å². The van der Waals surface area contributed by atoms with Crippen LogP contribution in [-0.2, 0) is 0 Å². The lowest BCUT2D eigenvalue weighted by atomic mass is 10.1. The number of rotatable bonds is 4. The Labute approximate surface area is 144 Å². The van der Waals surface area contributed by atoms with E-state index in [1.54, 1.807) is 17.5 Å². The molecule has 4 rings (SSSR count). The molecule has 4 aromatic rings. The van der Waals surface area contributed by atoms with Gasteiger partial charge in [-0.15, -0.1) is 0 Å². The fourth-order valence-electron chi connectivity index (χ4n) is 2.55. The SMILES string of the molecule is CC(C)Nc1ncc(-c2cn3ccnc3c(-c3ccccc3)n2)s1. The van der Waals surface area contributed by atoms with Crippen molar-refractivity contribution < 1.29 is 0 Å². The van der Waals surface area contributed by atoms with Crippen LogP contribution in [0.3, 0.4) is 0 Å². The molecule has 0 amide bonds. The normalized spacial score (nSPS) is 11.3. The predicted octanol–water partition coefficient (Wildman–Crippen LogP) is 4.34. The first kappa shape index (κ1) is 14.8. The fourth-order valence-corrected chi connectivity index (χ4v) is 3.46. The first-order chi connectivity index (χ1) is 11.7. The Morgan fingerprint density at radius 2 is 1.96 bits per heavy atom. The summed E-state index contributed by atoms with van der Waals surface area (Å²) >= 11 is 1.61. The molecule has 6 heteroatoms. The average molecular weight is 335 g/mol. The molecule has 0 fully saturated rings. The van der Waals surface area contributed by atoms with Crippen molar-refractivity contribution in [2.24, 2.45) is 0 Å². The molecule has 0 spiro atoms. The van der Waals surface area contributed by atoms with Crippen molar-refractivity contribution in [2.75, 3.05) is 5.32 Å². The van der Waals surface area contributed by atoms with E-state index in [-0.39, 0.29) is 0 Å². The van der Waals surface area contributed by atoms with Crippen LogP contribution in [0.5, 0.6) is 0 Å². The van der Waals surface area contributed by atoms with Gasteiger partial charge in [-0.3, -0.25) is 0 Å². The minimum atomic E-state index is 0.355. The van der Waals surface area contributed by atoms with Gasteiger partial charge >= 0.3 is 0 Å². The average Bonchev–Trinajstić information content (AvgIpc) is 3.23. The van der Waals surface area contributed by atoms with E-state index in [9.17, 15) is 0 Å². The molecule has 0 aliphatic rings. The third kappa shape index (κ3) is 2.76. The fraction of sp³-hybridized carbons (Fsp3) is 0.167. The molecule has 5 nitrogen and oxygen atoms in total. The third-order valence-electron chi connectivity index (χ3n) is 3.59. The number of hydrogen-bond acceptors (Lipinski definition) is 5. The van der Waals surface area contributed by atoms with E-state index in [4.69, 9.17) is 4.98 Å². The Balaban J connectivity index is 1.83. The van der Waals surface area contributed by atoms with Crippen LogP contribution in [-0.4, -0.2) is 25.4 Å². The summed E-state index contributed by atoms with van der Waals surface area (Å²) in [6.45, 7) is 4.20. The minimum Gasteiger partial charge on any atom is -0.359 e. The van der Waals surface area contributed by atoms with Gasteiger partial charge in [0.2, 0.25) is 0 Å². The van der Waals surface area contributed by atoms with Crippen molar-refractivity contribution in [1.29, 1.82) is 0 Å². The van der Waals surface area contributed by atoms with Crippen molar-refractivity contribution in [3.63, 3.8) is 0 Å². The van der Waals surface area contributed by atoms with Gasteiger partial charge in [-0.2, -0.15) is 0 Å². The number of nitrogens with one attached hydrogen (secondary N) is 1. The van der Waals surface area contributed by atoms with E-state index in [1.807, 2.05) is 41.2 Å². The van der Waals surface area contributed by atoms with Crippen molar-refractivity contribution in [3.8, 4) is 21.8 Å². The van der Waals surface area contributed by atoms with E-state index in [0.717, 1.165) is 32.6 Å². The quantitative estimate of drug-likeness (QED) is 0.603. The number of imidazole rings is 1. The van der Waals surface area contributed by atoms with Gasteiger partial charge in [-0.1, -0.05) is 41.7 Å². The second-order valence-electron chi connectivity index (χ2n) is 5.83. The Hall–Kier alpha value is -2.73. The van der Waals surface area contributed by atoms with E-state index in [0.29, 0.717) is 6.04 Å². The van der Waals surface area contributed by atoms with Crippen molar-refractivity contribution in [3.05, 3.63) is 55.1 Å². The molecular weight excluding hydrogens is 318 g/mol. The molecule has 3 aromatic heterocycles. The van der Waals surface area contributed by atoms with Gasteiger partial charge in [-0.25, -0.2) is 15.0 Å². The smallest absolute Gasteiger partial charge is 0.183 e. The zero-order valence-electron chi connectivity index (χ0n) is 13.5. The Morgan fingerprint density at radius 3 is 2.75 bits per heavy atom. The monoisotopic (exact) mass is 335 g/mol. The molecule has 0 saturated carbocycles. The van der Waals surface area contributed by atoms with E-state index in [2.05, 4.69) is 41.3 Å². The summed E-state index contributed by atoms with van der Waals surface area (Å²) < 4.78 is 2.01. The molecule has 0 unspecified atom stereocenters. The number of fused-ring (bicyclic) bond motifs is 1. The van der Waals surface area contributed by atoms with Crippen LogP contribution in [0.4, 0.5) is 5.13 Å². The highest BCUT2D eigenvalue weighted by Crippen LogP contribution is 2.31. The summed E-state index contributed by atoms with van der Waals surface area (Å²) in [5.74, 6) is 0. The van der Waals surface area contributed by atoms with Crippen molar-refractivity contribution in [2.45, 2.75) is 19.9 Å². The van der Waals surface area contributed by atoms with Gasteiger partial charge in [0.1, 0.15) is 5.69 Å². The molecule has 3 heterocycles. The van der Waals surface area contributed by atoms with Crippen molar-refractivity contribution in [1.82, 2.24) is 19.4 Å². The summed E-state index contributed by atoms with van der Waals surface area (Å²) in [4.78, 5) is 14.8. The van der Waals surface area contributed by atoms with Gasteiger partial charge in [-0.05, 0) is 13.8 Å². The van der Waals surface area contributed by atoms with Crippen LogP contribution in [0, 0.1) is 0 Å². The lowest BCUT2D eigenvalue weighted by molar-refractivity contribution is 0.896. The van der Waals surface area contributed by atoms with Crippen LogP contribution in [0.2, 0.25) is 0 Å². The third-order valence-corrected chi connectivity index (χ3v) is 4.54. The molecule has 0 aliphatic carbocycles. The first-order valence-corrected chi connectivity index (χ1v) is 8.64. The van der Waals surface area contributed by atoms with Gasteiger partial charge in [0.15, 0.2) is 10.8 Å². The van der Waals surface area contributed by atoms with Gasteiger partial charge < -0.3 is 9.72 Å². The maximum absolute atomic E-state index is 4.87. The molecule has 1 N–H and O–H groups in total. The topological polar surface area (TPSA) is 55.1 Å². The minimum absolute atomic E-state index is 0.355. The number of aromatic nitrogens is 4. The van der Waals surface area contributed by atoms with Crippen LogP contribution in [0.15, 0.2) is 55.1 Å². The number of nitrogens with zero attached hydrogens (tertiary/aromatic N) is 4. The highest BCUT2D eigenvalue weighted by molar-refractivity contribution is 7.18. The largest absolute Gasteiger partial charge is 0.359 e. The lowest BCUT2D eigenvalue weighted by Crippen LogP contribution is -2.08. The van der Waals surface area contributed by atoms with E-state index >= 15 is 0 Å². The lowest BCUT2D eigenvalue weighted by Gasteiger charge is -2.07. The molecule has 120 valence electrons. The molecule has 0 bridgehead atoms. The first-order valence-electron chi connectivity index (χ1n) is 7.82. The Bertz CT molecular complexity index is 971. The molecular formula is C18H17N5S. The maximum atomic E-state index is 4.87. The predicted molar refractivity (Wildman–Crippen MR) is 98.3 cm³/mol. The van der Waals surface area contributed by atoms with Gasteiger partial charge in [0, 0.05) is 36.4 Å². The summed E-state index contributed by atoms with van der Waals surface area (Å²) in [6.07, 6.45) is 7.61. The maximum Gasteiger partial charge on any atom is 0.183 e. The number of anilines is 1. The molecule has 0 aliphatic heterocycles. The second kappa shape index (κ2) is 6.05. The highest BCUT2D eigenvalue weighted by atomic mass is 32.1. The Morgan fingerprint density at radius 1 is 1.12 bits per heavy atom. The summed E-state index contributed by atoms with van der Waals surface area (Å²) in [5.41, 5.74) is 3.69. The Kier molecular flexibility index (Phi) is 3.74. The summed E-state index contributed by atoms with van der Waals surface area (Å²) in [5, 5.41) is 4.24.